The van der Waals surface area contributed by atoms with Crippen LogP contribution in [-0.2, 0) is 4.79 Å². The molecule has 4 heteroatoms. The Balaban J connectivity index is 2.21. The molecule has 80 valence electrons. The Kier molecular flexibility index (Phi) is 2.91. The fourth-order valence-electron chi connectivity index (χ4n) is 1.78. The lowest BCUT2D eigenvalue weighted by molar-refractivity contribution is -0.117. The number of nitrogens with zero attached hydrogens (tertiary/aromatic N) is 1. The Hall–Kier alpha value is -1.09. The second kappa shape index (κ2) is 4.19. The molecule has 1 amide bonds. The maximum absolute atomic E-state index is 13.0. The highest BCUT2D eigenvalue weighted by Crippen LogP contribution is 2.25. The first-order valence-electron chi connectivity index (χ1n) is 4.82. The van der Waals surface area contributed by atoms with E-state index in [0.717, 1.165) is 0 Å². The SMILES string of the molecule is O=C1CC(CCl)CN1c1cccc(F)c1. The number of rotatable bonds is 2. The van der Waals surface area contributed by atoms with Gasteiger partial charge in [-0.3, -0.25) is 4.79 Å². The molecule has 0 bridgehead atoms. The van der Waals surface area contributed by atoms with E-state index < -0.39 is 0 Å². The van der Waals surface area contributed by atoms with E-state index in [9.17, 15) is 9.18 Å². The van der Waals surface area contributed by atoms with Crippen LogP contribution in [0.2, 0.25) is 0 Å². The minimum atomic E-state index is -0.324. The van der Waals surface area contributed by atoms with Crippen molar-refractivity contribution in [3.05, 3.63) is 30.1 Å². The van der Waals surface area contributed by atoms with Gasteiger partial charge in [0.1, 0.15) is 5.82 Å². The highest BCUT2D eigenvalue weighted by Gasteiger charge is 2.29. The third kappa shape index (κ3) is 2.12. The summed E-state index contributed by atoms with van der Waals surface area (Å²) >= 11 is 5.70. The Morgan fingerprint density at radius 1 is 1.53 bits per heavy atom. The molecule has 0 aromatic heterocycles. The zero-order valence-electron chi connectivity index (χ0n) is 8.12. The average Bonchev–Trinajstić information content (AvgIpc) is 2.60. The number of halogens is 2. The van der Waals surface area contributed by atoms with E-state index in [1.165, 1.54) is 12.1 Å². The van der Waals surface area contributed by atoms with Crippen molar-refractivity contribution >= 4 is 23.2 Å². The number of amides is 1. The van der Waals surface area contributed by atoms with Crippen LogP contribution in [0.25, 0.3) is 0 Å². The highest BCUT2D eigenvalue weighted by molar-refractivity contribution is 6.18. The van der Waals surface area contributed by atoms with Gasteiger partial charge in [0.05, 0.1) is 0 Å². The van der Waals surface area contributed by atoms with Crippen LogP contribution in [0.4, 0.5) is 10.1 Å². The van der Waals surface area contributed by atoms with Crippen LogP contribution in [-0.4, -0.2) is 18.3 Å². The second-order valence-corrected chi connectivity index (χ2v) is 4.02. The van der Waals surface area contributed by atoms with Crippen LogP contribution in [0, 0.1) is 11.7 Å². The number of hydrogen-bond donors (Lipinski definition) is 0. The third-order valence-corrected chi connectivity index (χ3v) is 2.98. The van der Waals surface area contributed by atoms with Crippen molar-refractivity contribution in [3.8, 4) is 0 Å². The molecular weight excluding hydrogens is 217 g/mol. The molecule has 15 heavy (non-hydrogen) atoms. The molecule has 0 N–H and O–H groups in total. The van der Waals surface area contributed by atoms with E-state index in [0.29, 0.717) is 24.5 Å². The van der Waals surface area contributed by atoms with Crippen LogP contribution >= 0.6 is 11.6 Å². The summed E-state index contributed by atoms with van der Waals surface area (Å²) in [4.78, 5) is 13.2. The molecular formula is C11H11ClFNO. The molecule has 0 saturated carbocycles. The van der Waals surface area contributed by atoms with Gasteiger partial charge in [-0.25, -0.2) is 4.39 Å². The maximum atomic E-state index is 13.0. The van der Waals surface area contributed by atoms with Crippen LogP contribution in [0.5, 0.6) is 0 Å². The summed E-state index contributed by atoms with van der Waals surface area (Å²) in [6.45, 7) is 0.589. The zero-order chi connectivity index (χ0) is 10.8. The standard InChI is InChI=1S/C11H11ClFNO/c12-6-8-4-11(15)14(7-8)10-3-1-2-9(13)5-10/h1-3,5,8H,4,6-7H2. The van der Waals surface area contributed by atoms with Crippen molar-refractivity contribution in [1.29, 1.82) is 0 Å². The van der Waals surface area contributed by atoms with Gasteiger partial charge in [-0.2, -0.15) is 0 Å². The first kappa shape index (κ1) is 10.4. The molecule has 1 atom stereocenters. The normalized spacial score (nSPS) is 21.1. The molecule has 2 rings (SSSR count). The summed E-state index contributed by atoms with van der Waals surface area (Å²) in [5, 5.41) is 0. The summed E-state index contributed by atoms with van der Waals surface area (Å²) in [7, 11) is 0. The molecule has 0 spiro atoms. The Labute approximate surface area is 92.6 Å². The lowest BCUT2D eigenvalue weighted by Gasteiger charge is -2.16. The molecule has 1 aliphatic rings. The zero-order valence-corrected chi connectivity index (χ0v) is 8.88. The van der Waals surface area contributed by atoms with Crippen molar-refractivity contribution in [1.82, 2.24) is 0 Å². The third-order valence-electron chi connectivity index (χ3n) is 2.54. The van der Waals surface area contributed by atoms with E-state index in [1.807, 2.05) is 0 Å². The van der Waals surface area contributed by atoms with Gasteiger partial charge in [0.25, 0.3) is 0 Å². The van der Waals surface area contributed by atoms with Crippen molar-refractivity contribution in [2.24, 2.45) is 5.92 Å². The second-order valence-electron chi connectivity index (χ2n) is 3.71. The molecule has 1 saturated heterocycles. The smallest absolute Gasteiger partial charge is 0.227 e. The molecule has 2 nitrogen and oxygen atoms in total. The fraction of sp³-hybridized carbons (Fsp3) is 0.364. The largest absolute Gasteiger partial charge is 0.312 e. The van der Waals surface area contributed by atoms with Gasteiger partial charge in [0.15, 0.2) is 0 Å². The quantitative estimate of drug-likeness (QED) is 0.711. The van der Waals surface area contributed by atoms with E-state index >= 15 is 0 Å². The van der Waals surface area contributed by atoms with Gasteiger partial charge in [-0.15, -0.1) is 11.6 Å². The van der Waals surface area contributed by atoms with E-state index in [4.69, 9.17) is 11.6 Å². The number of benzene rings is 1. The summed E-state index contributed by atoms with van der Waals surface area (Å²) in [5.74, 6) is 0.348. The molecule has 1 fully saturated rings. The lowest BCUT2D eigenvalue weighted by Crippen LogP contribution is -2.24. The van der Waals surface area contributed by atoms with Crippen molar-refractivity contribution in [3.63, 3.8) is 0 Å². The first-order valence-corrected chi connectivity index (χ1v) is 5.36. The highest BCUT2D eigenvalue weighted by atomic mass is 35.5. The maximum Gasteiger partial charge on any atom is 0.227 e. The summed E-state index contributed by atoms with van der Waals surface area (Å²) < 4.78 is 13.0. The minimum absolute atomic E-state index is 0.0197. The van der Waals surface area contributed by atoms with E-state index in [-0.39, 0.29) is 17.6 Å². The summed E-state index contributed by atoms with van der Waals surface area (Å²) in [6.07, 6.45) is 0.458. The molecule has 0 radical (unpaired) electrons. The van der Waals surface area contributed by atoms with Crippen LogP contribution in [0.3, 0.4) is 0 Å². The number of carbonyl (C=O) groups excluding carboxylic acids is 1. The molecule has 1 aliphatic heterocycles. The van der Waals surface area contributed by atoms with Gasteiger partial charge < -0.3 is 4.90 Å². The predicted molar refractivity (Wildman–Crippen MR) is 57.6 cm³/mol. The monoisotopic (exact) mass is 227 g/mol. The van der Waals surface area contributed by atoms with Gasteiger partial charge in [-0.1, -0.05) is 6.07 Å². The molecule has 0 aliphatic carbocycles. The average molecular weight is 228 g/mol. The summed E-state index contributed by atoms with van der Waals surface area (Å²) in [5.41, 5.74) is 0.618. The molecule has 1 aromatic carbocycles. The van der Waals surface area contributed by atoms with Gasteiger partial charge in [0, 0.05) is 24.5 Å². The van der Waals surface area contributed by atoms with E-state index in [2.05, 4.69) is 0 Å². The Bertz CT molecular complexity index is 383. The van der Waals surface area contributed by atoms with E-state index in [1.54, 1.807) is 17.0 Å². The van der Waals surface area contributed by atoms with Gasteiger partial charge in [0.2, 0.25) is 5.91 Å². The Morgan fingerprint density at radius 3 is 2.93 bits per heavy atom. The first-order chi connectivity index (χ1) is 7.20. The Morgan fingerprint density at radius 2 is 2.33 bits per heavy atom. The molecule has 1 unspecified atom stereocenters. The van der Waals surface area contributed by atoms with Crippen LogP contribution in [0.1, 0.15) is 6.42 Å². The van der Waals surface area contributed by atoms with Crippen molar-refractivity contribution in [2.75, 3.05) is 17.3 Å². The number of carbonyl (C=O) groups is 1. The topological polar surface area (TPSA) is 20.3 Å². The number of anilines is 1. The van der Waals surface area contributed by atoms with Crippen molar-refractivity contribution < 1.29 is 9.18 Å². The minimum Gasteiger partial charge on any atom is -0.312 e. The van der Waals surface area contributed by atoms with Gasteiger partial charge >= 0.3 is 0 Å². The number of alkyl halides is 1. The fourth-order valence-corrected chi connectivity index (χ4v) is 1.99. The van der Waals surface area contributed by atoms with Crippen molar-refractivity contribution in [2.45, 2.75) is 6.42 Å². The lowest BCUT2D eigenvalue weighted by atomic mass is 10.1. The van der Waals surface area contributed by atoms with Gasteiger partial charge in [-0.05, 0) is 24.1 Å². The summed E-state index contributed by atoms with van der Waals surface area (Å²) in [6, 6.07) is 6.07. The van der Waals surface area contributed by atoms with Crippen LogP contribution in [0.15, 0.2) is 24.3 Å². The molecule has 1 aromatic rings. The van der Waals surface area contributed by atoms with Crippen LogP contribution < -0.4 is 4.90 Å². The predicted octanol–water partition coefficient (Wildman–Crippen LogP) is 2.42. The molecule has 1 heterocycles. The number of hydrogen-bond acceptors (Lipinski definition) is 1.